The first-order valence-electron chi connectivity index (χ1n) is 6.55. The van der Waals surface area contributed by atoms with E-state index in [2.05, 4.69) is 15.6 Å². The minimum Gasteiger partial charge on any atom is -0.383 e. The highest BCUT2D eigenvalue weighted by molar-refractivity contribution is 8.15. The van der Waals surface area contributed by atoms with Crippen LogP contribution in [0.1, 0.15) is 6.42 Å². The number of rotatable bonds is 6. The Morgan fingerprint density at radius 3 is 2.90 bits per heavy atom. The molecular formula is C14H17N3O3S. The molecule has 1 fully saturated rings. The Balaban J connectivity index is 1.84. The number of anilines is 1. The molecule has 0 unspecified atom stereocenters. The van der Waals surface area contributed by atoms with Crippen LogP contribution in [0.15, 0.2) is 35.3 Å². The van der Waals surface area contributed by atoms with Crippen LogP contribution in [-0.2, 0) is 14.3 Å². The molecule has 0 aliphatic carbocycles. The van der Waals surface area contributed by atoms with Gasteiger partial charge in [-0.1, -0.05) is 30.0 Å². The normalized spacial score (nSPS) is 19.6. The number of ether oxygens (including phenoxy) is 1. The fraction of sp³-hybridized carbons (Fsp3) is 0.357. The summed E-state index contributed by atoms with van der Waals surface area (Å²) in [6.45, 7) is 0.987. The number of thioether (sulfide) groups is 1. The second-order valence-electron chi connectivity index (χ2n) is 4.39. The Bertz CT molecular complexity index is 534. The van der Waals surface area contributed by atoms with Gasteiger partial charge in [-0.2, -0.15) is 0 Å². The summed E-state index contributed by atoms with van der Waals surface area (Å²) < 4.78 is 4.89. The molecule has 21 heavy (non-hydrogen) atoms. The fourth-order valence-corrected chi connectivity index (χ4v) is 2.75. The molecule has 1 aliphatic heterocycles. The van der Waals surface area contributed by atoms with Gasteiger partial charge < -0.3 is 15.4 Å². The molecule has 1 aromatic carbocycles. The van der Waals surface area contributed by atoms with E-state index in [0.717, 1.165) is 5.69 Å². The summed E-state index contributed by atoms with van der Waals surface area (Å²) in [5.74, 6) is -0.369. The summed E-state index contributed by atoms with van der Waals surface area (Å²) in [6.07, 6.45) is 0.120. The van der Waals surface area contributed by atoms with Crippen molar-refractivity contribution < 1.29 is 14.3 Å². The predicted octanol–water partition coefficient (Wildman–Crippen LogP) is 1.25. The molecule has 1 aromatic rings. The van der Waals surface area contributed by atoms with Crippen LogP contribution in [0.3, 0.4) is 0 Å². The van der Waals surface area contributed by atoms with E-state index in [0.29, 0.717) is 18.3 Å². The maximum absolute atomic E-state index is 11.9. The zero-order chi connectivity index (χ0) is 15.1. The average Bonchev–Trinajstić information content (AvgIpc) is 2.80. The lowest BCUT2D eigenvalue weighted by Crippen LogP contribution is -2.28. The van der Waals surface area contributed by atoms with Crippen molar-refractivity contribution in [3.05, 3.63) is 30.3 Å². The van der Waals surface area contributed by atoms with Gasteiger partial charge in [0, 0.05) is 19.2 Å². The molecule has 1 atom stereocenters. The lowest BCUT2D eigenvalue weighted by atomic mass is 10.2. The Morgan fingerprint density at radius 1 is 1.43 bits per heavy atom. The predicted molar refractivity (Wildman–Crippen MR) is 83.4 cm³/mol. The van der Waals surface area contributed by atoms with E-state index in [9.17, 15) is 9.59 Å². The number of para-hydroxylation sites is 1. The molecule has 7 heteroatoms. The van der Waals surface area contributed by atoms with Gasteiger partial charge in [0.1, 0.15) is 5.25 Å². The van der Waals surface area contributed by atoms with Gasteiger partial charge in [-0.05, 0) is 12.1 Å². The number of benzene rings is 1. The Hall–Kier alpha value is -1.86. The van der Waals surface area contributed by atoms with Crippen LogP contribution in [0, 0.1) is 0 Å². The number of amidine groups is 1. The highest BCUT2D eigenvalue weighted by Gasteiger charge is 2.31. The van der Waals surface area contributed by atoms with Gasteiger partial charge in [-0.3, -0.25) is 14.6 Å². The summed E-state index contributed by atoms with van der Waals surface area (Å²) in [5, 5.41) is 5.55. The van der Waals surface area contributed by atoms with Gasteiger partial charge in [0.25, 0.3) is 0 Å². The van der Waals surface area contributed by atoms with E-state index in [1.165, 1.54) is 11.8 Å². The minimum absolute atomic E-state index is 0.120. The van der Waals surface area contributed by atoms with Crippen LogP contribution < -0.4 is 10.6 Å². The standard InChI is InChI=1S/C14H17N3O3S/c1-20-8-7-15-14-17-13(19)11(21-14)9-12(18)16-10-5-3-2-4-6-10/h2-6,11H,7-9H2,1H3,(H,16,18)(H,15,17,19)/t11-/m1/s1. The quantitative estimate of drug-likeness (QED) is 0.775. The molecule has 112 valence electrons. The van der Waals surface area contributed by atoms with Gasteiger partial charge in [-0.25, -0.2) is 0 Å². The van der Waals surface area contributed by atoms with Gasteiger partial charge in [0.05, 0.1) is 13.2 Å². The van der Waals surface area contributed by atoms with Crippen molar-refractivity contribution in [2.75, 3.05) is 25.6 Å². The van der Waals surface area contributed by atoms with Crippen LogP contribution in [0.4, 0.5) is 5.69 Å². The van der Waals surface area contributed by atoms with Crippen LogP contribution in [0.5, 0.6) is 0 Å². The highest BCUT2D eigenvalue weighted by atomic mass is 32.2. The van der Waals surface area contributed by atoms with E-state index in [-0.39, 0.29) is 18.2 Å². The van der Waals surface area contributed by atoms with Crippen molar-refractivity contribution in [1.29, 1.82) is 0 Å². The number of nitrogens with one attached hydrogen (secondary N) is 2. The molecule has 0 radical (unpaired) electrons. The van der Waals surface area contributed by atoms with Crippen LogP contribution in [-0.4, -0.2) is 42.5 Å². The van der Waals surface area contributed by atoms with Crippen molar-refractivity contribution in [1.82, 2.24) is 5.32 Å². The van der Waals surface area contributed by atoms with Crippen molar-refractivity contribution >= 4 is 34.4 Å². The third-order valence-electron chi connectivity index (χ3n) is 2.76. The summed E-state index contributed by atoms with van der Waals surface area (Å²) in [7, 11) is 1.59. The monoisotopic (exact) mass is 307 g/mol. The first-order valence-corrected chi connectivity index (χ1v) is 7.43. The summed E-state index contributed by atoms with van der Waals surface area (Å²) in [5.41, 5.74) is 0.722. The van der Waals surface area contributed by atoms with E-state index < -0.39 is 5.25 Å². The molecule has 2 N–H and O–H groups in total. The molecule has 6 nitrogen and oxygen atoms in total. The summed E-state index contributed by atoms with van der Waals surface area (Å²) in [6, 6.07) is 9.16. The average molecular weight is 307 g/mol. The molecule has 2 rings (SSSR count). The Kier molecular flexibility index (Phi) is 5.77. The molecule has 0 saturated carbocycles. The summed E-state index contributed by atoms with van der Waals surface area (Å²) >= 11 is 1.28. The largest absolute Gasteiger partial charge is 0.383 e. The molecule has 0 bridgehead atoms. The zero-order valence-corrected chi connectivity index (χ0v) is 12.5. The first-order chi connectivity index (χ1) is 10.2. The van der Waals surface area contributed by atoms with Gasteiger partial charge >= 0.3 is 0 Å². The first kappa shape index (κ1) is 15.5. The van der Waals surface area contributed by atoms with Crippen LogP contribution in [0.25, 0.3) is 0 Å². The van der Waals surface area contributed by atoms with Crippen molar-refractivity contribution in [2.24, 2.45) is 4.99 Å². The van der Waals surface area contributed by atoms with Crippen molar-refractivity contribution in [3.63, 3.8) is 0 Å². The van der Waals surface area contributed by atoms with Gasteiger partial charge in [0.2, 0.25) is 11.8 Å². The smallest absolute Gasteiger partial charge is 0.240 e. The second kappa shape index (κ2) is 7.80. The molecule has 1 aliphatic rings. The molecule has 1 saturated heterocycles. The fourth-order valence-electron chi connectivity index (χ4n) is 1.76. The zero-order valence-electron chi connectivity index (χ0n) is 11.7. The number of amides is 2. The van der Waals surface area contributed by atoms with E-state index in [1.807, 2.05) is 18.2 Å². The SMILES string of the molecule is COCCN=C1NC(=O)[C@@H](CC(=O)Nc2ccccc2)S1. The topological polar surface area (TPSA) is 79.8 Å². The Labute approximate surface area is 127 Å². The molecule has 0 spiro atoms. The maximum Gasteiger partial charge on any atom is 0.240 e. The van der Waals surface area contributed by atoms with Crippen molar-refractivity contribution in [3.8, 4) is 0 Å². The minimum atomic E-state index is -0.435. The molecule has 2 amide bonds. The van der Waals surface area contributed by atoms with Gasteiger partial charge in [0.15, 0.2) is 5.17 Å². The third-order valence-corrected chi connectivity index (χ3v) is 3.88. The number of methoxy groups -OCH3 is 1. The van der Waals surface area contributed by atoms with E-state index in [4.69, 9.17) is 4.74 Å². The molecule has 1 heterocycles. The lowest BCUT2D eigenvalue weighted by Gasteiger charge is -2.07. The number of aliphatic imine (C=N–C) groups is 1. The number of carbonyl (C=O) groups excluding carboxylic acids is 2. The highest BCUT2D eigenvalue weighted by Crippen LogP contribution is 2.22. The lowest BCUT2D eigenvalue weighted by molar-refractivity contribution is -0.122. The number of hydrogen-bond acceptors (Lipinski definition) is 5. The van der Waals surface area contributed by atoms with Crippen molar-refractivity contribution in [2.45, 2.75) is 11.7 Å². The van der Waals surface area contributed by atoms with Crippen LogP contribution >= 0.6 is 11.8 Å². The number of nitrogens with zero attached hydrogens (tertiary/aromatic N) is 1. The molecular weight excluding hydrogens is 290 g/mol. The maximum atomic E-state index is 11.9. The van der Waals surface area contributed by atoms with E-state index in [1.54, 1.807) is 19.2 Å². The van der Waals surface area contributed by atoms with E-state index >= 15 is 0 Å². The van der Waals surface area contributed by atoms with Gasteiger partial charge in [-0.15, -0.1) is 0 Å². The third kappa shape index (κ3) is 4.87. The number of carbonyl (C=O) groups is 2. The number of hydrogen-bond donors (Lipinski definition) is 2. The van der Waals surface area contributed by atoms with Crippen LogP contribution in [0.2, 0.25) is 0 Å². The Morgan fingerprint density at radius 2 is 2.19 bits per heavy atom. The second-order valence-corrected chi connectivity index (χ2v) is 5.59. The summed E-state index contributed by atoms with van der Waals surface area (Å²) in [4.78, 5) is 27.9. The molecule has 0 aromatic heterocycles.